The minimum absolute atomic E-state index is 0.123. The van der Waals surface area contributed by atoms with E-state index in [-0.39, 0.29) is 11.7 Å². The summed E-state index contributed by atoms with van der Waals surface area (Å²) in [6.07, 6.45) is 6.09. The lowest BCUT2D eigenvalue weighted by atomic mass is 9.88. The second-order valence-electron chi connectivity index (χ2n) is 8.31. The van der Waals surface area contributed by atoms with Crippen LogP contribution in [-0.4, -0.2) is 5.78 Å². The predicted molar refractivity (Wildman–Crippen MR) is 136 cm³/mol. The number of carbonyl (C=O) groups excluding carboxylic acids is 1. The molecule has 0 spiro atoms. The van der Waals surface area contributed by atoms with Crippen LogP contribution in [0, 0.1) is 13.8 Å². The third-order valence-electron chi connectivity index (χ3n) is 6.09. The molecule has 1 nitrogen and oxygen atoms in total. The van der Waals surface area contributed by atoms with Crippen LogP contribution >= 0.6 is 0 Å². The van der Waals surface area contributed by atoms with Gasteiger partial charge in [0.05, 0.1) is 0 Å². The monoisotopic (exact) mass is 422 g/mol. The maximum atomic E-state index is 13.3. The Balaban J connectivity index is 0.00000141. The van der Waals surface area contributed by atoms with E-state index in [9.17, 15) is 4.79 Å². The Morgan fingerprint density at radius 3 is 2.19 bits per heavy atom. The van der Waals surface area contributed by atoms with Gasteiger partial charge < -0.3 is 0 Å². The number of Topliss-reactive ketones (excluding diaryl/α,β-unsaturated/α-hetero) is 1. The van der Waals surface area contributed by atoms with Crippen LogP contribution in [0.1, 0.15) is 64.9 Å². The van der Waals surface area contributed by atoms with Crippen LogP contribution in [0.5, 0.6) is 0 Å². The number of allylic oxidation sites excluding steroid dienone is 4. The fraction of sp³-hybridized carbons (Fsp3) is 0.258. The van der Waals surface area contributed by atoms with Crippen molar-refractivity contribution in [2.75, 3.05) is 0 Å². The number of aryl methyl sites for hydroxylation is 4. The SMILES string of the molecule is CC.CC1=C(C(=O)c2cccc(CCc3ccccc3)c2)C=CC1c1ccc(C)cc1C. The smallest absolute Gasteiger partial charge is 0.192 e. The number of benzene rings is 3. The number of rotatable bonds is 6. The molecule has 0 fully saturated rings. The summed E-state index contributed by atoms with van der Waals surface area (Å²) in [6.45, 7) is 10.4. The van der Waals surface area contributed by atoms with E-state index in [4.69, 9.17) is 0 Å². The molecule has 0 N–H and O–H groups in total. The maximum absolute atomic E-state index is 13.3. The largest absolute Gasteiger partial charge is 0.289 e. The van der Waals surface area contributed by atoms with Gasteiger partial charge in [-0.2, -0.15) is 0 Å². The van der Waals surface area contributed by atoms with Crippen molar-refractivity contribution in [2.24, 2.45) is 0 Å². The minimum atomic E-state index is 0.123. The fourth-order valence-electron chi connectivity index (χ4n) is 4.36. The maximum Gasteiger partial charge on any atom is 0.192 e. The van der Waals surface area contributed by atoms with Gasteiger partial charge in [0.25, 0.3) is 0 Å². The van der Waals surface area contributed by atoms with Gasteiger partial charge >= 0.3 is 0 Å². The van der Waals surface area contributed by atoms with Gasteiger partial charge in [-0.25, -0.2) is 0 Å². The van der Waals surface area contributed by atoms with Crippen molar-refractivity contribution in [3.8, 4) is 0 Å². The lowest BCUT2D eigenvalue weighted by molar-refractivity contribution is 0.103. The van der Waals surface area contributed by atoms with Gasteiger partial charge in [0.2, 0.25) is 0 Å². The zero-order valence-corrected chi connectivity index (χ0v) is 20.0. The molecule has 3 aromatic rings. The van der Waals surface area contributed by atoms with Gasteiger partial charge in [-0.1, -0.05) is 104 Å². The number of hydrogen-bond donors (Lipinski definition) is 0. The highest BCUT2D eigenvalue weighted by Crippen LogP contribution is 2.36. The van der Waals surface area contributed by atoms with Gasteiger partial charge in [0, 0.05) is 17.1 Å². The van der Waals surface area contributed by atoms with Crippen LogP contribution in [0.15, 0.2) is 96.1 Å². The third kappa shape index (κ3) is 5.34. The first-order chi connectivity index (χ1) is 15.5. The summed E-state index contributed by atoms with van der Waals surface area (Å²) < 4.78 is 0. The van der Waals surface area contributed by atoms with Crippen molar-refractivity contribution in [3.63, 3.8) is 0 Å². The number of ketones is 1. The molecular formula is C31H34O. The van der Waals surface area contributed by atoms with Crippen molar-refractivity contribution in [3.05, 3.63) is 129 Å². The van der Waals surface area contributed by atoms with Crippen LogP contribution < -0.4 is 0 Å². The summed E-state index contributed by atoms with van der Waals surface area (Å²) in [6, 6.07) is 25.2. The van der Waals surface area contributed by atoms with Crippen molar-refractivity contribution in [1.82, 2.24) is 0 Å². The normalized spacial score (nSPS) is 14.8. The van der Waals surface area contributed by atoms with E-state index >= 15 is 0 Å². The highest BCUT2D eigenvalue weighted by molar-refractivity contribution is 6.11. The van der Waals surface area contributed by atoms with Crippen LogP contribution in [-0.2, 0) is 12.8 Å². The summed E-state index contributed by atoms with van der Waals surface area (Å²) in [5.74, 6) is 0.309. The molecule has 0 saturated heterocycles. The van der Waals surface area contributed by atoms with Crippen molar-refractivity contribution in [2.45, 2.75) is 53.4 Å². The Kier molecular flexibility index (Phi) is 8.00. The van der Waals surface area contributed by atoms with Crippen LogP contribution in [0.25, 0.3) is 0 Å². The van der Waals surface area contributed by atoms with Crippen molar-refractivity contribution < 1.29 is 4.79 Å². The molecule has 1 unspecified atom stereocenters. The standard InChI is InChI=1S/C29H28O.C2H6/c1-20-12-15-26(21(2)18-20)27-16-17-28(22(27)3)29(30)25-11-7-10-24(19-25)14-13-23-8-5-4-6-9-23;1-2/h4-12,15-19,27H,13-14H2,1-3H3;1-2H3. The third-order valence-corrected chi connectivity index (χ3v) is 6.09. The minimum Gasteiger partial charge on any atom is -0.289 e. The molecule has 0 heterocycles. The molecule has 0 amide bonds. The fourth-order valence-corrected chi connectivity index (χ4v) is 4.36. The zero-order valence-electron chi connectivity index (χ0n) is 20.0. The molecule has 0 radical (unpaired) electrons. The number of carbonyl (C=O) groups is 1. The molecule has 1 aliphatic carbocycles. The molecule has 1 atom stereocenters. The van der Waals surface area contributed by atoms with Crippen molar-refractivity contribution >= 4 is 5.78 Å². The Bertz CT molecular complexity index is 1130. The first-order valence-electron chi connectivity index (χ1n) is 11.7. The predicted octanol–water partition coefficient (Wildman–Crippen LogP) is 7.97. The van der Waals surface area contributed by atoms with Crippen molar-refractivity contribution in [1.29, 1.82) is 0 Å². The van der Waals surface area contributed by atoms with Gasteiger partial charge in [-0.05, 0) is 61.9 Å². The average Bonchev–Trinajstić information content (AvgIpc) is 3.20. The van der Waals surface area contributed by atoms with E-state index in [1.165, 1.54) is 27.8 Å². The Morgan fingerprint density at radius 2 is 1.47 bits per heavy atom. The summed E-state index contributed by atoms with van der Waals surface area (Å²) in [5, 5.41) is 0. The summed E-state index contributed by atoms with van der Waals surface area (Å²) in [5.41, 5.74) is 9.11. The molecular weight excluding hydrogens is 388 g/mol. The van der Waals surface area contributed by atoms with E-state index in [2.05, 4.69) is 81.4 Å². The zero-order chi connectivity index (χ0) is 23.1. The first-order valence-corrected chi connectivity index (χ1v) is 11.7. The molecule has 32 heavy (non-hydrogen) atoms. The van der Waals surface area contributed by atoms with Gasteiger partial charge in [-0.3, -0.25) is 4.79 Å². The molecule has 4 rings (SSSR count). The topological polar surface area (TPSA) is 17.1 Å². The Morgan fingerprint density at radius 1 is 0.781 bits per heavy atom. The van der Waals surface area contributed by atoms with Crippen LogP contribution in [0.2, 0.25) is 0 Å². The quantitative estimate of drug-likeness (QED) is 0.368. The van der Waals surface area contributed by atoms with E-state index in [0.29, 0.717) is 0 Å². The van der Waals surface area contributed by atoms with E-state index in [1.807, 2.05) is 38.1 Å². The summed E-state index contributed by atoms with van der Waals surface area (Å²) >= 11 is 0. The highest BCUT2D eigenvalue weighted by Gasteiger charge is 2.24. The molecule has 0 aliphatic heterocycles. The average molecular weight is 423 g/mol. The molecule has 0 aromatic heterocycles. The van der Waals surface area contributed by atoms with Crippen LogP contribution in [0.4, 0.5) is 0 Å². The molecule has 3 aromatic carbocycles. The van der Waals surface area contributed by atoms with Gasteiger partial charge in [-0.15, -0.1) is 0 Å². The molecule has 1 heteroatoms. The van der Waals surface area contributed by atoms with E-state index in [0.717, 1.165) is 29.6 Å². The second-order valence-corrected chi connectivity index (χ2v) is 8.31. The Labute approximate surface area is 193 Å². The molecule has 0 saturated carbocycles. The van der Waals surface area contributed by atoms with Gasteiger partial charge in [0.1, 0.15) is 0 Å². The summed E-state index contributed by atoms with van der Waals surface area (Å²) in [7, 11) is 0. The van der Waals surface area contributed by atoms with Gasteiger partial charge in [0.15, 0.2) is 5.78 Å². The lowest BCUT2D eigenvalue weighted by Gasteiger charge is -2.15. The highest BCUT2D eigenvalue weighted by atomic mass is 16.1. The summed E-state index contributed by atoms with van der Waals surface area (Å²) in [4.78, 5) is 13.3. The van der Waals surface area contributed by atoms with E-state index < -0.39 is 0 Å². The Hall–Kier alpha value is -3.19. The number of hydrogen-bond acceptors (Lipinski definition) is 1. The second kappa shape index (κ2) is 10.9. The molecule has 164 valence electrons. The van der Waals surface area contributed by atoms with Crippen LogP contribution in [0.3, 0.4) is 0 Å². The first kappa shape index (κ1) is 23.5. The van der Waals surface area contributed by atoms with E-state index in [1.54, 1.807) is 0 Å². The molecule has 1 aliphatic rings. The lowest BCUT2D eigenvalue weighted by Crippen LogP contribution is -2.05. The molecule has 0 bridgehead atoms.